The predicted octanol–water partition coefficient (Wildman–Crippen LogP) is 1.30. The average molecular weight is 432 g/mol. The maximum Gasteiger partial charge on any atom is 0.246 e. The van der Waals surface area contributed by atoms with E-state index in [9.17, 15) is 9.59 Å². The molecule has 0 unspecified atom stereocenters. The number of nitrogens with zero attached hydrogens (tertiary/aromatic N) is 4. The van der Waals surface area contributed by atoms with Gasteiger partial charge in [-0.2, -0.15) is 4.98 Å². The molecule has 2 saturated carbocycles. The zero-order valence-electron chi connectivity index (χ0n) is 18.3. The van der Waals surface area contributed by atoms with Crippen LogP contribution in [0.3, 0.4) is 0 Å². The van der Waals surface area contributed by atoms with E-state index in [2.05, 4.69) is 20.4 Å². The van der Waals surface area contributed by atoms with Crippen molar-refractivity contribution in [1.82, 2.24) is 25.3 Å². The monoisotopic (exact) mass is 431 g/mol. The van der Waals surface area contributed by atoms with Gasteiger partial charge in [-0.05, 0) is 44.4 Å². The first kappa shape index (κ1) is 20.9. The summed E-state index contributed by atoms with van der Waals surface area (Å²) in [5.41, 5.74) is -0.536. The summed E-state index contributed by atoms with van der Waals surface area (Å²) in [6.45, 7) is 6.61. The number of carbonyl (C=O) groups excluding carboxylic acids is 2. The number of nitrogens with one attached hydrogen (secondary N) is 1. The summed E-state index contributed by atoms with van der Waals surface area (Å²) in [7, 11) is 0. The van der Waals surface area contributed by atoms with Crippen LogP contribution < -0.4 is 5.32 Å². The molecule has 0 radical (unpaired) electrons. The molecule has 1 aromatic heterocycles. The molecule has 2 saturated heterocycles. The van der Waals surface area contributed by atoms with E-state index in [1.54, 1.807) is 6.92 Å². The zero-order valence-corrected chi connectivity index (χ0v) is 18.3. The fourth-order valence-corrected chi connectivity index (χ4v) is 5.73. The molecule has 170 valence electrons. The van der Waals surface area contributed by atoms with Crippen LogP contribution in [0.25, 0.3) is 0 Å². The van der Waals surface area contributed by atoms with Crippen LogP contribution in [0, 0.1) is 11.3 Å². The molecule has 0 aromatic carbocycles. The van der Waals surface area contributed by atoms with E-state index in [0.717, 1.165) is 77.2 Å². The van der Waals surface area contributed by atoms with E-state index >= 15 is 0 Å². The molecule has 5 rings (SSSR count). The van der Waals surface area contributed by atoms with Gasteiger partial charge < -0.3 is 19.5 Å². The lowest BCUT2D eigenvalue weighted by molar-refractivity contribution is -0.150. The highest BCUT2D eigenvalue weighted by atomic mass is 16.5. The molecule has 4 aliphatic rings. The van der Waals surface area contributed by atoms with Gasteiger partial charge in [0.05, 0.1) is 25.2 Å². The third-order valence-electron chi connectivity index (χ3n) is 7.77. The van der Waals surface area contributed by atoms with Gasteiger partial charge >= 0.3 is 0 Å². The number of rotatable bonds is 5. The van der Waals surface area contributed by atoms with Crippen molar-refractivity contribution in [1.29, 1.82) is 0 Å². The molecule has 9 nitrogen and oxygen atoms in total. The Hall–Kier alpha value is -2.00. The van der Waals surface area contributed by atoms with Crippen LogP contribution >= 0.6 is 0 Å². The van der Waals surface area contributed by atoms with Crippen LogP contribution in [0.2, 0.25) is 0 Å². The lowest BCUT2D eigenvalue weighted by atomic mass is 9.61. The molecular weight excluding hydrogens is 398 g/mol. The fourth-order valence-electron chi connectivity index (χ4n) is 5.73. The Kier molecular flexibility index (Phi) is 5.73. The predicted molar refractivity (Wildman–Crippen MR) is 111 cm³/mol. The van der Waals surface area contributed by atoms with Crippen LogP contribution in [0.15, 0.2) is 4.52 Å². The number of aromatic nitrogens is 2. The molecule has 4 fully saturated rings. The zero-order chi connectivity index (χ0) is 21.4. The van der Waals surface area contributed by atoms with Gasteiger partial charge in [0.1, 0.15) is 0 Å². The van der Waals surface area contributed by atoms with E-state index in [1.807, 2.05) is 4.90 Å². The van der Waals surface area contributed by atoms with Crippen molar-refractivity contribution < 1.29 is 18.8 Å². The number of morpholine rings is 1. The van der Waals surface area contributed by atoms with Crippen LogP contribution in [0.4, 0.5) is 0 Å². The standard InChI is InChI=1S/C22H33N5O4/c1-15(28)27-7-5-17-12-18(26-8-10-30-11-9-26)4-6-22(17,14-27)21(29)23-13-19-24-20(25-31-19)16-2-3-16/h16-18H,2-14H2,1H3,(H,23,29)/t17-,18+,22-/m1/s1. The second-order valence-electron chi connectivity index (χ2n) is 9.66. The Morgan fingerprint density at radius 1 is 1.16 bits per heavy atom. The Bertz CT molecular complexity index is 819. The van der Waals surface area contributed by atoms with Crippen LogP contribution in [-0.2, 0) is 20.9 Å². The van der Waals surface area contributed by atoms with Crippen molar-refractivity contribution in [3.8, 4) is 0 Å². The van der Waals surface area contributed by atoms with Crippen molar-refractivity contribution in [2.75, 3.05) is 39.4 Å². The topological polar surface area (TPSA) is 101 Å². The van der Waals surface area contributed by atoms with Crippen molar-refractivity contribution in [3.63, 3.8) is 0 Å². The van der Waals surface area contributed by atoms with E-state index < -0.39 is 5.41 Å². The van der Waals surface area contributed by atoms with Gasteiger partial charge in [0.25, 0.3) is 0 Å². The van der Waals surface area contributed by atoms with E-state index in [-0.39, 0.29) is 24.3 Å². The number of amides is 2. The third kappa shape index (κ3) is 4.22. The second-order valence-corrected chi connectivity index (χ2v) is 9.66. The highest BCUT2D eigenvalue weighted by Gasteiger charge is 2.53. The molecule has 1 aromatic rings. The quantitative estimate of drug-likeness (QED) is 0.750. The number of fused-ring (bicyclic) bond motifs is 1. The Balaban J connectivity index is 1.28. The largest absolute Gasteiger partial charge is 0.379 e. The molecule has 3 heterocycles. The first-order valence-corrected chi connectivity index (χ1v) is 11.7. The van der Waals surface area contributed by atoms with Crippen LogP contribution in [0.1, 0.15) is 63.1 Å². The lowest BCUT2D eigenvalue weighted by Gasteiger charge is -2.53. The molecule has 2 aliphatic heterocycles. The Labute approximate surface area is 182 Å². The minimum atomic E-state index is -0.536. The van der Waals surface area contributed by atoms with Crippen molar-refractivity contribution >= 4 is 11.8 Å². The number of ether oxygens (including phenoxy) is 1. The van der Waals surface area contributed by atoms with E-state index in [1.165, 1.54) is 0 Å². The number of piperidine rings is 1. The summed E-state index contributed by atoms with van der Waals surface area (Å²) in [5.74, 6) is 1.99. The Morgan fingerprint density at radius 2 is 1.97 bits per heavy atom. The van der Waals surface area contributed by atoms with Gasteiger partial charge in [-0.15, -0.1) is 0 Å². The normalized spacial score (nSPS) is 31.8. The number of hydrogen-bond donors (Lipinski definition) is 1. The average Bonchev–Trinajstić information content (AvgIpc) is 3.55. The molecule has 2 amide bonds. The van der Waals surface area contributed by atoms with E-state index in [0.29, 0.717) is 24.4 Å². The number of likely N-dealkylation sites (tertiary alicyclic amines) is 1. The summed E-state index contributed by atoms with van der Waals surface area (Å²) in [6, 6.07) is 0.496. The second kappa shape index (κ2) is 8.50. The van der Waals surface area contributed by atoms with Crippen molar-refractivity contribution in [2.24, 2.45) is 11.3 Å². The number of carbonyl (C=O) groups is 2. The summed E-state index contributed by atoms with van der Waals surface area (Å²) in [4.78, 5) is 34.5. The molecule has 0 bridgehead atoms. The molecular formula is C22H33N5O4. The summed E-state index contributed by atoms with van der Waals surface area (Å²) < 4.78 is 10.9. The minimum Gasteiger partial charge on any atom is -0.379 e. The first-order valence-electron chi connectivity index (χ1n) is 11.7. The smallest absolute Gasteiger partial charge is 0.246 e. The first-order chi connectivity index (χ1) is 15.0. The van der Waals surface area contributed by atoms with Crippen LogP contribution in [-0.4, -0.2) is 77.2 Å². The summed E-state index contributed by atoms with van der Waals surface area (Å²) in [6.07, 6.45) is 5.88. The third-order valence-corrected chi connectivity index (χ3v) is 7.77. The van der Waals surface area contributed by atoms with Crippen molar-refractivity contribution in [2.45, 2.75) is 64.0 Å². The fraction of sp³-hybridized carbons (Fsp3) is 0.818. The van der Waals surface area contributed by atoms with Gasteiger partial charge in [-0.3, -0.25) is 14.5 Å². The molecule has 9 heteroatoms. The molecule has 0 spiro atoms. The SMILES string of the molecule is CC(=O)N1CC[C@@H]2C[C@@H](N3CCOCC3)CC[C@@]2(C(=O)NCc2nc(C3CC3)no2)C1. The van der Waals surface area contributed by atoms with Gasteiger partial charge in [-0.25, -0.2) is 0 Å². The lowest BCUT2D eigenvalue weighted by Crippen LogP contribution is -2.61. The minimum absolute atomic E-state index is 0.0232. The summed E-state index contributed by atoms with van der Waals surface area (Å²) >= 11 is 0. The van der Waals surface area contributed by atoms with Gasteiger partial charge in [0.2, 0.25) is 17.7 Å². The molecule has 3 atom stereocenters. The maximum absolute atomic E-state index is 13.6. The summed E-state index contributed by atoms with van der Waals surface area (Å²) in [5, 5.41) is 7.12. The molecule has 31 heavy (non-hydrogen) atoms. The van der Waals surface area contributed by atoms with Gasteiger partial charge in [0.15, 0.2) is 5.82 Å². The van der Waals surface area contributed by atoms with Gasteiger partial charge in [-0.1, -0.05) is 5.16 Å². The molecule has 2 aliphatic carbocycles. The van der Waals surface area contributed by atoms with E-state index in [4.69, 9.17) is 9.26 Å². The van der Waals surface area contributed by atoms with Crippen LogP contribution in [0.5, 0.6) is 0 Å². The maximum atomic E-state index is 13.6. The molecule has 1 N–H and O–H groups in total. The van der Waals surface area contributed by atoms with Gasteiger partial charge in [0, 0.05) is 45.1 Å². The highest BCUT2D eigenvalue weighted by molar-refractivity contribution is 5.84. The van der Waals surface area contributed by atoms with Crippen molar-refractivity contribution in [3.05, 3.63) is 11.7 Å². The number of hydrogen-bond acceptors (Lipinski definition) is 7. The Morgan fingerprint density at radius 3 is 2.71 bits per heavy atom. The highest BCUT2D eigenvalue weighted by Crippen LogP contribution is 2.48.